The lowest BCUT2D eigenvalue weighted by Gasteiger charge is -2.38. The topological polar surface area (TPSA) is 91.0 Å². The van der Waals surface area contributed by atoms with Crippen LogP contribution in [-0.4, -0.2) is 81.4 Å². The molecule has 8 nitrogen and oxygen atoms in total. The number of rotatable bonds is 7. The molecule has 0 aromatic heterocycles. The molecule has 1 unspecified atom stereocenters. The number of anilines is 1. The van der Waals surface area contributed by atoms with Crippen molar-refractivity contribution in [2.75, 3.05) is 51.0 Å². The van der Waals surface area contributed by atoms with Gasteiger partial charge in [-0.2, -0.15) is 0 Å². The van der Waals surface area contributed by atoms with Gasteiger partial charge in [-0.15, -0.1) is 0 Å². The van der Waals surface area contributed by atoms with E-state index in [1.807, 2.05) is 0 Å². The number of para-hydroxylation sites is 1. The molecule has 0 saturated carbocycles. The average Bonchev–Trinajstić information content (AvgIpc) is 3.18. The van der Waals surface area contributed by atoms with Crippen LogP contribution in [0.15, 0.2) is 24.3 Å². The molecule has 2 saturated heterocycles. The number of halogens is 1. The number of sulfonamides is 1. The molecule has 3 rings (SSSR count). The SMILES string of the molecule is CS(=O)(=O)N1CCC(N(CCNC(=O)Nc2ccccc2F)C2CCOCC2)C1. The average molecular weight is 429 g/mol. The minimum atomic E-state index is -3.21. The summed E-state index contributed by atoms with van der Waals surface area (Å²) in [7, 11) is -3.21. The molecular formula is C19H29FN4O4S. The first kappa shape index (κ1) is 21.9. The van der Waals surface area contributed by atoms with Crippen LogP contribution in [0.2, 0.25) is 0 Å². The van der Waals surface area contributed by atoms with Gasteiger partial charge in [0.25, 0.3) is 0 Å². The van der Waals surface area contributed by atoms with E-state index in [0.29, 0.717) is 45.4 Å². The quantitative estimate of drug-likeness (QED) is 0.686. The van der Waals surface area contributed by atoms with Gasteiger partial charge in [-0.3, -0.25) is 4.90 Å². The first-order chi connectivity index (χ1) is 13.8. The van der Waals surface area contributed by atoms with Crippen LogP contribution in [0.25, 0.3) is 0 Å². The number of amides is 2. The summed E-state index contributed by atoms with van der Waals surface area (Å²) in [5.41, 5.74) is 0.130. The van der Waals surface area contributed by atoms with Gasteiger partial charge in [-0.1, -0.05) is 12.1 Å². The summed E-state index contributed by atoms with van der Waals surface area (Å²) in [5, 5.41) is 5.28. The fourth-order valence-corrected chi connectivity index (χ4v) is 4.87. The van der Waals surface area contributed by atoms with Gasteiger partial charge >= 0.3 is 6.03 Å². The Kier molecular flexibility index (Phi) is 7.44. The fourth-order valence-electron chi connectivity index (χ4n) is 3.99. The van der Waals surface area contributed by atoms with E-state index in [-0.39, 0.29) is 11.7 Å². The lowest BCUT2D eigenvalue weighted by molar-refractivity contribution is 0.0197. The Morgan fingerprint density at radius 3 is 2.62 bits per heavy atom. The van der Waals surface area contributed by atoms with Gasteiger partial charge in [-0.25, -0.2) is 21.9 Å². The highest BCUT2D eigenvalue weighted by molar-refractivity contribution is 7.88. The molecule has 1 atom stereocenters. The summed E-state index contributed by atoms with van der Waals surface area (Å²) < 4.78 is 44.4. The molecule has 0 bridgehead atoms. The van der Waals surface area contributed by atoms with E-state index in [9.17, 15) is 17.6 Å². The van der Waals surface area contributed by atoms with Crippen molar-refractivity contribution in [3.05, 3.63) is 30.1 Å². The highest BCUT2D eigenvalue weighted by atomic mass is 32.2. The number of benzene rings is 1. The molecule has 2 fully saturated rings. The number of carbonyl (C=O) groups is 1. The number of hydrogen-bond acceptors (Lipinski definition) is 5. The molecule has 0 spiro atoms. The second-order valence-electron chi connectivity index (χ2n) is 7.51. The summed E-state index contributed by atoms with van der Waals surface area (Å²) >= 11 is 0. The molecule has 10 heteroatoms. The van der Waals surface area contributed by atoms with Gasteiger partial charge in [0.05, 0.1) is 11.9 Å². The van der Waals surface area contributed by atoms with Crippen molar-refractivity contribution in [2.45, 2.75) is 31.3 Å². The number of nitrogens with zero attached hydrogens (tertiary/aromatic N) is 2. The monoisotopic (exact) mass is 428 g/mol. The highest BCUT2D eigenvalue weighted by Gasteiger charge is 2.35. The fraction of sp³-hybridized carbons (Fsp3) is 0.632. The van der Waals surface area contributed by atoms with Crippen LogP contribution >= 0.6 is 0 Å². The van der Waals surface area contributed by atoms with E-state index >= 15 is 0 Å². The normalized spacial score (nSPS) is 21.4. The summed E-state index contributed by atoms with van der Waals surface area (Å²) in [6.07, 6.45) is 3.78. The third kappa shape index (κ3) is 6.11. The van der Waals surface area contributed by atoms with Crippen molar-refractivity contribution in [3.8, 4) is 0 Å². The Balaban J connectivity index is 1.56. The van der Waals surface area contributed by atoms with E-state index < -0.39 is 21.9 Å². The van der Waals surface area contributed by atoms with Crippen molar-refractivity contribution >= 4 is 21.7 Å². The molecule has 2 N–H and O–H groups in total. The van der Waals surface area contributed by atoms with Crippen LogP contribution in [0.4, 0.5) is 14.9 Å². The smallest absolute Gasteiger partial charge is 0.319 e. The molecule has 0 radical (unpaired) electrons. The van der Waals surface area contributed by atoms with Gasteiger partial charge in [0.1, 0.15) is 5.82 Å². The molecule has 29 heavy (non-hydrogen) atoms. The minimum Gasteiger partial charge on any atom is -0.381 e. The highest BCUT2D eigenvalue weighted by Crippen LogP contribution is 2.24. The molecule has 2 aliphatic rings. The van der Waals surface area contributed by atoms with Crippen LogP contribution < -0.4 is 10.6 Å². The molecule has 2 aliphatic heterocycles. The summed E-state index contributed by atoms with van der Waals surface area (Å²) in [5.74, 6) is -0.488. The molecule has 2 heterocycles. The van der Waals surface area contributed by atoms with Crippen molar-refractivity contribution < 1.29 is 22.3 Å². The summed E-state index contributed by atoms with van der Waals surface area (Å²) in [6, 6.07) is 5.95. The third-order valence-electron chi connectivity index (χ3n) is 5.50. The Hall–Kier alpha value is -1.75. The third-order valence-corrected chi connectivity index (χ3v) is 6.77. The molecule has 162 valence electrons. The molecule has 1 aromatic rings. The molecule has 2 amide bonds. The summed E-state index contributed by atoms with van der Waals surface area (Å²) in [6.45, 7) is 3.34. The van der Waals surface area contributed by atoms with Gasteiger partial charge in [0, 0.05) is 51.5 Å². The Morgan fingerprint density at radius 2 is 1.97 bits per heavy atom. The predicted octanol–water partition coefficient (Wildman–Crippen LogP) is 1.46. The van der Waals surface area contributed by atoms with Gasteiger partial charge < -0.3 is 15.4 Å². The van der Waals surface area contributed by atoms with Crippen LogP contribution in [0.1, 0.15) is 19.3 Å². The molecule has 0 aliphatic carbocycles. The van der Waals surface area contributed by atoms with Gasteiger partial charge in [0.15, 0.2) is 0 Å². The zero-order valence-electron chi connectivity index (χ0n) is 16.6. The summed E-state index contributed by atoms with van der Waals surface area (Å²) in [4.78, 5) is 14.4. The van der Waals surface area contributed by atoms with Crippen LogP contribution in [0, 0.1) is 5.82 Å². The van der Waals surface area contributed by atoms with Crippen LogP contribution in [-0.2, 0) is 14.8 Å². The van der Waals surface area contributed by atoms with E-state index in [0.717, 1.165) is 19.3 Å². The Bertz CT molecular complexity index is 801. The first-order valence-corrected chi connectivity index (χ1v) is 11.8. The van der Waals surface area contributed by atoms with Gasteiger partial charge in [0.2, 0.25) is 10.0 Å². The van der Waals surface area contributed by atoms with Gasteiger partial charge in [-0.05, 0) is 31.4 Å². The largest absolute Gasteiger partial charge is 0.381 e. The number of urea groups is 1. The van der Waals surface area contributed by atoms with Crippen molar-refractivity contribution in [1.29, 1.82) is 0 Å². The number of ether oxygens (including phenoxy) is 1. The van der Waals surface area contributed by atoms with Crippen molar-refractivity contribution in [3.63, 3.8) is 0 Å². The van der Waals surface area contributed by atoms with Crippen LogP contribution in [0.3, 0.4) is 0 Å². The maximum atomic E-state index is 13.7. The van der Waals surface area contributed by atoms with Crippen LogP contribution in [0.5, 0.6) is 0 Å². The Morgan fingerprint density at radius 1 is 1.24 bits per heavy atom. The Labute approximate surface area is 171 Å². The standard InChI is InChI=1S/C19H29FN4O4S/c1-29(26,27)23-10-6-16(14-23)24(15-7-12-28-13-8-15)11-9-21-19(25)22-18-5-3-2-4-17(18)20/h2-5,15-16H,6-14H2,1H3,(H2,21,22,25). The van der Waals surface area contributed by atoms with E-state index in [2.05, 4.69) is 15.5 Å². The second-order valence-corrected chi connectivity index (χ2v) is 9.49. The van der Waals surface area contributed by atoms with E-state index in [1.165, 1.54) is 22.7 Å². The number of hydrogen-bond donors (Lipinski definition) is 2. The molecular weight excluding hydrogens is 399 g/mol. The lowest BCUT2D eigenvalue weighted by Crippen LogP contribution is -2.50. The minimum absolute atomic E-state index is 0.115. The zero-order chi connectivity index (χ0) is 20.9. The lowest BCUT2D eigenvalue weighted by atomic mass is 10.0. The zero-order valence-corrected chi connectivity index (χ0v) is 17.5. The van der Waals surface area contributed by atoms with Crippen molar-refractivity contribution in [1.82, 2.24) is 14.5 Å². The maximum absolute atomic E-state index is 13.7. The number of nitrogens with one attached hydrogen (secondary N) is 2. The maximum Gasteiger partial charge on any atom is 0.319 e. The first-order valence-electron chi connectivity index (χ1n) is 9.92. The predicted molar refractivity (Wildman–Crippen MR) is 109 cm³/mol. The van der Waals surface area contributed by atoms with E-state index in [4.69, 9.17) is 4.74 Å². The van der Waals surface area contributed by atoms with E-state index in [1.54, 1.807) is 12.1 Å². The second kappa shape index (κ2) is 9.84. The molecule has 1 aromatic carbocycles. The van der Waals surface area contributed by atoms with Crippen molar-refractivity contribution in [2.24, 2.45) is 0 Å². The number of carbonyl (C=O) groups excluding carboxylic acids is 1.